The van der Waals surface area contributed by atoms with Crippen LogP contribution in [0.4, 0.5) is 0 Å². The van der Waals surface area contributed by atoms with Crippen molar-refractivity contribution < 1.29 is 9.53 Å². The van der Waals surface area contributed by atoms with E-state index >= 15 is 0 Å². The van der Waals surface area contributed by atoms with Crippen LogP contribution in [-0.2, 0) is 16.6 Å². The molecule has 1 fully saturated rings. The zero-order valence-corrected chi connectivity index (χ0v) is 11.0. The van der Waals surface area contributed by atoms with Crippen molar-refractivity contribution in [3.63, 3.8) is 0 Å². The van der Waals surface area contributed by atoms with Crippen LogP contribution < -0.4 is 16.0 Å². The number of methoxy groups -OCH3 is 1. The van der Waals surface area contributed by atoms with Gasteiger partial charge in [0.2, 0.25) is 5.91 Å². The number of hydrogen-bond acceptors (Lipinski definition) is 3. The van der Waals surface area contributed by atoms with Crippen LogP contribution in [0.3, 0.4) is 0 Å². The minimum Gasteiger partial charge on any atom is -0.496 e. The summed E-state index contributed by atoms with van der Waals surface area (Å²) < 4.78 is 5.40. The number of nitrogens with two attached hydrogens (primary N) is 1. The molecule has 1 saturated carbocycles. The molecule has 0 aliphatic heterocycles. The Morgan fingerprint density at radius 2 is 2.22 bits per heavy atom. The van der Waals surface area contributed by atoms with Crippen molar-refractivity contribution >= 4 is 5.91 Å². The Kier molecular flexibility index (Phi) is 3.57. The second-order valence-corrected chi connectivity index (χ2v) is 4.80. The molecule has 1 aromatic carbocycles. The maximum absolute atomic E-state index is 12.1. The molecule has 2 rings (SSSR count). The number of benzene rings is 1. The van der Waals surface area contributed by atoms with Gasteiger partial charge in [0.25, 0.3) is 0 Å². The Hall–Kier alpha value is -1.55. The lowest BCUT2D eigenvalue weighted by Crippen LogP contribution is -2.51. The average Bonchev–Trinajstić information content (AvgIpc) is 2.37. The molecule has 98 valence electrons. The van der Waals surface area contributed by atoms with Gasteiger partial charge in [-0.1, -0.05) is 25.5 Å². The van der Waals surface area contributed by atoms with E-state index in [2.05, 4.69) is 18.4 Å². The Morgan fingerprint density at radius 3 is 2.67 bits per heavy atom. The molecule has 18 heavy (non-hydrogen) atoms. The second-order valence-electron chi connectivity index (χ2n) is 4.80. The van der Waals surface area contributed by atoms with E-state index in [1.54, 1.807) is 7.11 Å². The first-order valence-electron chi connectivity index (χ1n) is 6.36. The maximum Gasteiger partial charge on any atom is 0.244 e. The van der Waals surface area contributed by atoms with E-state index in [-0.39, 0.29) is 5.91 Å². The van der Waals surface area contributed by atoms with E-state index in [0.29, 0.717) is 0 Å². The van der Waals surface area contributed by atoms with Crippen LogP contribution >= 0.6 is 0 Å². The van der Waals surface area contributed by atoms with Crippen LogP contribution in [0.15, 0.2) is 18.2 Å². The van der Waals surface area contributed by atoms with E-state index in [0.717, 1.165) is 37.0 Å². The molecule has 0 spiro atoms. The number of rotatable bonds is 4. The quantitative estimate of drug-likeness (QED) is 0.484. The van der Waals surface area contributed by atoms with E-state index in [1.807, 2.05) is 12.1 Å². The van der Waals surface area contributed by atoms with Crippen molar-refractivity contribution in [3.8, 4) is 5.75 Å². The summed E-state index contributed by atoms with van der Waals surface area (Å²) in [4.78, 5) is 12.1. The molecule has 1 aliphatic rings. The van der Waals surface area contributed by atoms with E-state index < -0.39 is 5.41 Å². The fraction of sp³-hybridized carbons (Fsp3) is 0.500. The van der Waals surface area contributed by atoms with Crippen LogP contribution in [-0.4, -0.2) is 13.0 Å². The van der Waals surface area contributed by atoms with Crippen molar-refractivity contribution in [1.29, 1.82) is 0 Å². The number of ether oxygens (including phenoxy) is 1. The smallest absolute Gasteiger partial charge is 0.244 e. The lowest BCUT2D eigenvalue weighted by atomic mass is 9.63. The van der Waals surface area contributed by atoms with Gasteiger partial charge in [0.15, 0.2) is 0 Å². The summed E-state index contributed by atoms with van der Waals surface area (Å²) in [5, 5.41) is 0. The SMILES string of the molecule is CCc1ccc(OC)c(C2(C(=O)NN)CCC2)c1. The van der Waals surface area contributed by atoms with Crippen molar-refractivity contribution in [3.05, 3.63) is 29.3 Å². The summed E-state index contributed by atoms with van der Waals surface area (Å²) in [6.07, 6.45) is 3.66. The number of hydrazine groups is 1. The average molecular weight is 248 g/mol. The normalized spacial score (nSPS) is 16.8. The summed E-state index contributed by atoms with van der Waals surface area (Å²) in [7, 11) is 1.64. The molecule has 1 aromatic rings. The lowest BCUT2D eigenvalue weighted by Gasteiger charge is -2.41. The third-order valence-corrected chi connectivity index (χ3v) is 3.96. The predicted octanol–water partition coefficient (Wildman–Crippen LogP) is 1.67. The molecule has 0 saturated heterocycles. The van der Waals surface area contributed by atoms with Gasteiger partial charge in [0, 0.05) is 5.56 Å². The third kappa shape index (κ3) is 1.86. The highest BCUT2D eigenvalue weighted by Gasteiger charge is 2.47. The molecule has 0 bridgehead atoms. The topological polar surface area (TPSA) is 64.3 Å². The van der Waals surface area contributed by atoms with Gasteiger partial charge in [-0.15, -0.1) is 0 Å². The molecule has 0 heterocycles. The maximum atomic E-state index is 12.1. The monoisotopic (exact) mass is 248 g/mol. The van der Waals surface area contributed by atoms with Crippen molar-refractivity contribution in [2.75, 3.05) is 7.11 Å². The van der Waals surface area contributed by atoms with Crippen LogP contribution in [0.1, 0.15) is 37.3 Å². The van der Waals surface area contributed by atoms with Crippen molar-refractivity contribution in [1.82, 2.24) is 5.43 Å². The highest BCUT2D eigenvalue weighted by Crippen LogP contribution is 2.47. The lowest BCUT2D eigenvalue weighted by molar-refractivity contribution is -0.130. The number of carbonyl (C=O) groups excluding carboxylic acids is 1. The first-order valence-corrected chi connectivity index (χ1v) is 6.36. The Morgan fingerprint density at radius 1 is 1.50 bits per heavy atom. The predicted molar refractivity (Wildman–Crippen MR) is 70.2 cm³/mol. The minimum absolute atomic E-state index is 0.111. The Balaban J connectivity index is 2.50. The highest BCUT2D eigenvalue weighted by molar-refractivity contribution is 5.89. The number of amides is 1. The Labute approximate surface area is 107 Å². The van der Waals surface area contributed by atoms with E-state index in [1.165, 1.54) is 5.56 Å². The molecule has 1 amide bonds. The molecule has 3 N–H and O–H groups in total. The van der Waals surface area contributed by atoms with Gasteiger partial charge in [-0.05, 0) is 30.9 Å². The zero-order valence-electron chi connectivity index (χ0n) is 11.0. The summed E-state index contributed by atoms with van der Waals surface area (Å²) in [5.74, 6) is 5.99. The minimum atomic E-state index is -0.495. The molecule has 4 heteroatoms. The number of hydrogen-bond donors (Lipinski definition) is 2. The standard InChI is InChI=1S/C14H20N2O2/c1-3-10-5-6-12(18-2)11(9-10)14(7-4-8-14)13(17)16-15/h5-6,9H,3-4,7-8,15H2,1-2H3,(H,16,17). The molecular weight excluding hydrogens is 228 g/mol. The molecule has 0 atom stereocenters. The van der Waals surface area contributed by atoms with Crippen LogP contribution in [0, 0.1) is 0 Å². The molecule has 4 nitrogen and oxygen atoms in total. The number of carbonyl (C=O) groups is 1. The highest BCUT2D eigenvalue weighted by atomic mass is 16.5. The van der Waals surface area contributed by atoms with Gasteiger partial charge < -0.3 is 4.74 Å². The van der Waals surface area contributed by atoms with Gasteiger partial charge in [0.1, 0.15) is 5.75 Å². The first-order chi connectivity index (χ1) is 8.67. The molecular formula is C14H20N2O2. The molecule has 1 aliphatic carbocycles. The molecule has 0 aromatic heterocycles. The summed E-state index contributed by atoms with van der Waals surface area (Å²) in [5.41, 5.74) is 3.99. The van der Waals surface area contributed by atoms with Gasteiger partial charge in [-0.2, -0.15) is 0 Å². The summed E-state index contributed by atoms with van der Waals surface area (Å²) in [6.45, 7) is 2.10. The fourth-order valence-corrected chi connectivity index (χ4v) is 2.64. The zero-order chi connectivity index (χ0) is 13.2. The first kappa shape index (κ1) is 12.9. The van der Waals surface area contributed by atoms with Crippen LogP contribution in [0.5, 0.6) is 5.75 Å². The van der Waals surface area contributed by atoms with E-state index in [4.69, 9.17) is 10.6 Å². The number of aryl methyl sites for hydroxylation is 1. The Bertz CT molecular complexity index is 453. The second kappa shape index (κ2) is 4.98. The summed E-state index contributed by atoms with van der Waals surface area (Å²) >= 11 is 0. The van der Waals surface area contributed by atoms with E-state index in [9.17, 15) is 4.79 Å². The van der Waals surface area contributed by atoms with Gasteiger partial charge in [0.05, 0.1) is 12.5 Å². The third-order valence-electron chi connectivity index (χ3n) is 3.96. The van der Waals surface area contributed by atoms with Crippen molar-refractivity contribution in [2.24, 2.45) is 5.84 Å². The fourth-order valence-electron chi connectivity index (χ4n) is 2.64. The number of nitrogens with one attached hydrogen (secondary N) is 1. The van der Waals surface area contributed by atoms with Gasteiger partial charge in [-0.3, -0.25) is 10.2 Å². The molecule has 0 unspecified atom stereocenters. The van der Waals surface area contributed by atoms with Crippen LogP contribution in [0.2, 0.25) is 0 Å². The van der Waals surface area contributed by atoms with Crippen molar-refractivity contribution in [2.45, 2.75) is 38.0 Å². The van der Waals surface area contributed by atoms with Gasteiger partial charge in [-0.25, -0.2) is 5.84 Å². The molecule has 0 radical (unpaired) electrons. The summed E-state index contributed by atoms with van der Waals surface area (Å²) in [6, 6.07) is 6.06. The largest absolute Gasteiger partial charge is 0.496 e. The van der Waals surface area contributed by atoms with Gasteiger partial charge >= 0.3 is 0 Å². The van der Waals surface area contributed by atoms with Crippen LogP contribution in [0.25, 0.3) is 0 Å².